The molecular weight excluding hydrogens is 179 g/mol. The molecule has 0 amide bonds. The van der Waals surface area contributed by atoms with Crippen molar-refractivity contribution in [3.63, 3.8) is 0 Å². The van der Waals surface area contributed by atoms with Gasteiger partial charge in [-0.15, -0.1) is 0 Å². The average Bonchev–Trinajstić information content (AvgIpc) is 2.52. The zero-order valence-electron chi connectivity index (χ0n) is 7.19. The first kappa shape index (κ1) is 9.93. The van der Waals surface area contributed by atoms with E-state index in [1.54, 1.807) is 6.08 Å². The number of hydrogen-bond donors (Lipinski definition) is 1. The fraction of sp³-hybridized carbons (Fsp3) is 0.714. The number of hydrogen-bond acceptors (Lipinski definition) is 4. The van der Waals surface area contributed by atoms with Gasteiger partial charge < -0.3 is 14.2 Å². The maximum absolute atomic E-state index is 11.7. The summed E-state index contributed by atoms with van der Waals surface area (Å²) in [4.78, 5) is 0. The highest BCUT2D eigenvalue weighted by molar-refractivity contribution is 7.55. The van der Waals surface area contributed by atoms with E-state index in [0.717, 1.165) is 0 Å². The molecule has 0 saturated carbocycles. The lowest BCUT2D eigenvalue weighted by Gasteiger charge is -2.27. The van der Waals surface area contributed by atoms with Gasteiger partial charge in [0.1, 0.15) is 0 Å². The van der Waals surface area contributed by atoms with Gasteiger partial charge in [0.2, 0.25) is 0 Å². The normalized spacial score (nSPS) is 29.6. The predicted octanol–water partition coefficient (Wildman–Crippen LogP) is 1.51. The zero-order chi connectivity index (χ0) is 9.24. The summed E-state index contributed by atoms with van der Waals surface area (Å²) >= 11 is 0. The monoisotopic (exact) mass is 192 g/mol. The molecule has 0 heterocycles. The van der Waals surface area contributed by atoms with Gasteiger partial charge in [0.15, 0.2) is 5.34 Å². The van der Waals surface area contributed by atoms with Crippen LogP contribution in [-0.2, 0) is 13.6 Å². The Bertz CT molecular complexity index is 230. The lowest BCUT2D eigenvalue weighted by molar-refractivity contribution is 0.118. The van der Waals surface area contributed by atoms with Gasteiger partial charge >= 0.3 is 7.60 Å². The van der Waals surface area contributed by atoms with E-state index < -0.39 is 12.9 Å². The minimum absolute atomic E-state index is 0.395. The van der Waals surface area contributed by atoms with Crippen LogP contribution in [0, 0.1) is 0 Å². The van der Waals surface area contributed by atoms with Crippen molar-refractivity contribution < 1.29 is 18.7 Å². The van der Waals surface area contributed by atoms with Gasteiger partial charge in [0, 0.05) is 14.2 Å². The Labute approximate surface area is 71.7 Å². The second kappa shape index (κ2) is 3.30. The molecule has 4 nitrogen and oxygen atoms in total. The fourth-order valence-electron chi connectivity index (χ4n) is 1.27. The largest absolute Gasteiger partial charge is 0.374 e. The van der Waals surface area contributed by atoms with E-state index in [-0.39, 0.29) is 0 Å². The van der Waals surface area contributed by atoms with E-state index in [4.69, 9.17) is 9.05 Å². The Morgan fingerprint density at radius 2 is 2.08 bits per heavy atom. The minimum Gasteiger partial charge on any atom is -0.374 e. The third-order valence-electron chi connectivity index (χ3n) is 2.02. The third kappa shape index (κ3) is 1.36. The summed E-state index contributed by atoms with van der Waals surface area (Å²) in [6, 6.07) is 0. The van der Waals surface area contributed by atoms with Crippen LogP contribution in [0.25, 0.3) is 0 Å². The molecule has 1 aliphatic rings. The first-order chi connectivity index (χ1) is 5.58. The molecule has 0 spiro atoms. The van der Waals surface area contributed by atoms with Gasteiger partial charge in [-0.3, -0.25) is 4.57 Å². The molecule has 1 rings (SSSR count). The van der Waals surface area contributed by atoms with Crippen LogP contribution in [0.4, 0.5) is 0 Å². The number of aliphatic hydroxyl groups is 1. The van der Waals surface area contributed by atoms with E-state index in [2.05, 4.69) is 0 Å². The van der Waals surface area contributed by atoms with Crippen molar-refractivity contribution in [2.45, 2.75) is 18.2 Å². The van der Waals surface area contributed by atoms with Gasteiger partial charge in [-0.1, -0.05) is 6.08 Å². The predicted molar refractivity (Wildman–Crippen MR) is 44.9 cm³/mol. The van der Waals surface area contributed by atoms with E-state index >= 15 is 0 Å². The summed E-state index contributed by atoms with van der Waals surface area (Å²) in [6.07, 6.45) is 4.35. The molecule has 0 aliphatic heterocycles. The highest BCUT2D eigenvalue weighted by atomic mass is 31.2. The topological polar surface area (TPSA) is 55.8 Å². The minimum atomic E-state index is -3.37. The highest BCUT2D eigenvalue weighted by Gasteiger charge is 2.47. The molecule has 1 N–H and O–H groups in total. The molecule has 0 saturated heterocycles. The van der Waals surface area contributed by atoms with Crippen LogP contribution in [0.1, 0.15) is 12.8 Å². The van der Waals surface area contributed by atoms with E-state index in [9.17, 15) is 9.67 Å². The molecule has 12 heavy (non-hydrogen) atoms. The lowest BCUT2D eigenvalue weighted by atomic mass is 10.3. The second-order valence-corrected chi connectivity index (χ2v) is 5.18. The third-order valence-corrected chi connectivity index (χ3v) is 4.30. The van der Waals surface area contributed by atoms with Crippen molar-refractivity contribution in [3.8, 4) is 0 Å². The molecular formula is C7H13O4P. The molecule has 0 aromatic rings. The molecule has 0 fully saturated rings. The molecule has 1 atom stereocenters. The quantitative estimate of drug-likeness (QED) is 0.544. The van der Waals surface area contributed by atoms with Crippen LogP contribution in [-0.4, -0.2) is 24.7 Å². The Morgan fingerprint density at radius 3 is 2.42 bits per heavy atom. The van der Waals surface area contributed by atoms with Crippen molar-refractivity contribution in [1.82, 2.24) is 0 Å². The van der Waals surface area contributed by atoms with Crippen LogP contribution >= 0.6 is 7.60 Å². The zero-order valence-corrected chi connectivity index (χ0v) is 8.08. The van der Waals surface area contributed by atoms with Crippen LogP contribution in [0.15, 0.2) is 12.2 Å². The smallest absolute Gasteiger partial charge is 0.365 e. The number of allylic oxidation sites excluding steroid dienone is 1. The van der Waals surface area contributed by atoms with Crippen molar-refractivity contribution in [1.29, 1.82) is 0 Å². The number of rotatable bonds is 3. The van der Waals surface area contributed by atoms with Crippen molar-refractivity contribution >= 4 is 7.60 Å². The SMILES string of the molecule is COP(=O)(OC)C1(O)C=CCC1. The van der Waals surface area contributed by atoms with Gasteiger partial charge in [0.25, 0.3) is 0 Å². The van der Waals surface area contributed by atoms with Crippen LogP contribution in [0.5, 0.6) is 0 Å². The van der Waals surface area contributed by atoms with E-state index in [0.29, 0.717) is 12.8 Å². The average molecular weight is 192 g/mol. The molecule has 0 radical (unpaired) electrons. The lowest BCUT2D eigenvalue weighted by Crippen LogP contribution is -2.24. The Balaban J connectivity index is 2.92. The first-order valence-electron chi connectivity index (χ1n) is 3.70. The summed E-state index contributed by atoms with van der Waals surface area (Å²) < 4.78 is 21.1. The molecule has 0 bridgehead atoms. The summed E-state index contributed by atoms with van der Waals surface area (Å²) in [5.41, 5.74) is 0. The maximum atomic E-state index is 11.7. The molecule has 0 aromatic carbocycles. The molecule has 1 aliphatic carbocycles. The van der Waals surface area contributed by atoms with Crippen LogP contribution in [0.3, 0.4) is 0 Å². The Kier molecular flexibility index (Phi) is 2.74. The first-order valence-corrected chi connectivity index (χ1v) is 5.24. The molecule has 1 unspecified atom stereocenters. The Morgan fingerprint density at radius 1 is 1.50 bits per heavy atom. The summed E-state index contributed by atoms with van der Waals surface area (Å²) in [5, 5.41) is 8.39. The van der Waals surface area contributed by atoms with Crippen molar-refractivity contribution in [2.75, 3.05) is 14.2 Å². The van der Waals surface area contributed by atoms with Gasteiger partial charge in [0.05, 0.1) is 0 Å². The Hall–Kier alpha value is -0.150. The molecule has 70 valence electrons. The summed E-state index contributed by atoms with van der Waals surface area (Å²) in [7, 11) is -0.827. The van der Waals surface area contributed by atoms with Crippen LogP contribution in [0.2, 0.25) is 0 Å². The van der Waals surface area contributed by atoms with Gasteiger partial charge in [-0.2, -0.15) is 0 Å². The molecule has 0 aromatic heterocycles. The fourth-order valence-corrected chi connectivity index (χ4v) is 2.74. The van der Waals surface area contributed by atoms with Crippen LogP contribution < -0.4 is 0 Å². The summed E-state index contributed by atoms with van der Waals surface area (Å²) in [6.45, 7) is 0. The maximum Gasteiger partial charge on any atom is 0.365 e. The van der Waals surface area contributed by atoms with E-state index in [1.165, 1.54) is 20.3 Å². The second-order valence-electron chi connectivity index (χ2n) is 2.68. The standard InChI is InChI=1S/C7H13O4P/c1-10-12(9,11-2)7(8)5-3-4-6-7/h3,5,8H,4,6H2,1-2H3. The van der Waals surface area contributed by atoms with Crippen molar-refractivity contribution in [2.24, 2.45) is 0 Å². The van der Waals surface area contributed by atoms with Gasteiger partial charge in [-0.25, -0.2) is 0 Å². The highest BCUT2D eigenvalue weighted by Crippen LogP contribution is 2.61. The van der Waals surface area contributed by atoms with Crippen molar-refractivity contribution in [3.05, 3.63) is 12.2 Å². The molecule has 5 heteroatoms. The summed E-state index contributed by atoms with van der Waals surface area (Å²) in [5.74, 6) is 0. The van der Waals surface area contributed by atoms with Gasteiger partial charge in [-0.05, 0) is 18.9 Å². The van der Waals surface area contributed by atoms with E-state index in [1.807, 2.05) is 0 Å².